The zero-order chi connectivity index (χ0) is 8.74. The number of hydrogen-bond acceptors (Lipinski definition) is 3. The third-order valence-corrected chi connectivity index (χ3v) is 1.66. The Balaban J connectivity index is 0. The van der Waals surface area contributed by atoms with Gasteiger partial charge in [-0.3, -0.25) is 9.05 Å². The fraction of sp³-hybridized carbons (Fsp3) is 0.333. The Morgan fingerprint density at radius 2 is 1.58 bits per heavy atom. The Hall–Kier alpha value is 0.0835. The molecule has 0 atom stereocenters. The average Bonchev–Trinajstić information content (AvgIpc) is 1.97. The van der Waals surface area contributed by atoms with E-state index in [1.807, 2.05) is 0 Å². The molecule has 0 saturated carbocycles. The number of rotatable bonds is 6. The van der Waals surface area contributed by atoms with Crippen molar-refractivity contribution >= 4 is 7.82 Å². The number of phosphoric ester groups is 1. The third-order valence-electron chi connectivity index (χ3n) is 0.711. The quantitative estimate of drug-likeness (QED) is 0.431. The first-order valence-corrected chi connectivity index (χ1v) is 4.45. The van der Waals surface area contributed by atoms with Gasteiger partial charge in [-0.25, -0.2) is 4.57 Å². The van der Waals surface area contributed by atoms with Crippen molar-refractivity contribution in [1.82, 2.24) is 0 Å². The van der Waals surface area contributed by atoms with Crippen LogP contribution in [-0.2, 0) is 30.1 Å². The Labute approximate surface area is 81.8 Å². The minimum atomic E-state index is -3.87. The van der Waals surface area contributed by atoms with E-state index in [0.29, 0.717) is 0 Å². The van der Waals surface area contributed by atoms with E-state index < -0.39 is 7.82 Å². The van der Waals surface area contributed by atoms with E-state index in [1.165, 1.54) is 12.2 Å². The summed E-state index contributed by atoms with van der Waals surface area (Å²) in [5.74, 6) is 0. The van der Waals surface area contributed by atoms with Gasteiger partial charge >= 0.3 is 7.82 Å². The normalized spacial score (nSPS) is 10.1. The van der Waals surface area contributed by atoms with Gasteiger partial charge in [-0.1, -0.05) is 12.2 Å². The number of hydrogen-bond donors (Lipinski definition) is 1. The molecule has 6 heteroatoms. The van der Waals surface area contributed by atoms with Crippen LogP contribution in [0.5, 0.6) is 0 Å². The first-order valence-electron chi connectivity index (χ1n) is 2.96. The van der Waals surface area contributed by atoms with Crippen LogP contribution >= 0.6 is 7.82 Å². The van der Waals surface area contributed by atoms with Crippen molar-refractivity contribution in [3.8, 4) is 0 Å². The first-order chi connectivity index (χ1) is 5.12. The van der Waals surface area contributed by atoms with Crippen molar-refractivity contribution in [2.75, 3.05) is 13.2 Å². The summed E-state index contributed by atoms with van der Waals surface area (Å²) in [4.78, 5) is 8.79. The molecular formula is C6H11NiO4P. The fourth-order valence-corrected chi connectivity index (χ4v) is 0.993. The van der Waals surface area contributed by atoms with Gasteiger partial charge in [0.05, 0.1) is 13.2 Å². The van der Waals surface area contributed by atoms with Gasteiger partial charge in [0.1, 0.15) is 0 Å². The monoisotopic (exact) mass is 236 g/mol. The van der Waals surface area contributed by atoms with Gasteiger partial charge in [-0.15, -0.1) is 13.2 Å². The molecule has 0 heterocycles. The zero-order valence-electron chi connectivity index (χ0n) is 6.42. The molecule has 0 unspecified atom stereocenters. The topological polar surface area (TPSA) is 55.8 Å². The molecule has 0 amide bonds. The largest absolute Gasteiger partial charge is 0.472 e. The molecule has 74 valence electrons. The molecule has 0 radical (unpaired) electrons. The molecule has 12 heavy (non-hydrogen) atoms. The van der Waals surface area contributed by atoms with E-state index >= 15 is 0 Å². The molecule has 0 rings (SSSR count). The van der Waals surface area contributed by atoms with Crippen LogP contribution in [0.2, 0.25) is 0 Å². The van der Waals surface area contributed by atoms with E-state index in [2.05, 4.69) is 22.2 Å². The summed E-state index contributed by atoms with van der Waals surface area (Å²) < 4.78 is 19.6. The Morgan fingerprint density at radius 3 is 1.83 bits per heavy atom. The molecule has 0 aromatic rings. The standard InChI is InChI=1S/C6H11O4P.Ni/c1-3-5-9-11(7,8)10-6-4-2;/h3-4H,1-2,5-6H2,(H,7,8);. The van der Waals surface area contributed by atoms with Crippen molar-refractivity contribution in [2.45, 2.75) is 0 Å². The van der Waals surface area contributed by atoms with Crippen LogP contribution in [0.25, 0.3) is 0 Å². The van der Waals surface area contributed by atoms with E-state index in [-0.39, 0.29) is 29.7 Å². The molecule has 4 nitrogen and oxygen atoms in total. The maximum Gasteiger partial charge on any atom is 0.472 e. The van der Waals surface area contributed by atoms with Crippen LogP contribution in [0.15, 0.2) is 25.3 Å². The molecule has 0 aliphatic carbocycles. The second-order valence-electron chi connectivity index (χ2n) is 1.64. The SMILES string of the molecule is C=CCOP(=O)(O)OCC=C.[Ni]. The second kappa shape index (κ2) is 7.72. The van der Waals surface area contributed by atoms with Gasteiger partial charge in [0.15, 0.2) is 0 Å². The maximum atomic E-state index is 10.7. The van der Waals surface area contributed by atoms with Crippen LogP contribution in [0.4, 0.5) is 0 Å². The van der Waals surface area contributed by atoms with E-state index in [1.54, 1.807) is 0 Å². The predicted octanol–water partition coefficient (Wildman–Crippen LogP) is 1.49. The van der Waals surface area contributed by atoms with Crippen LogP contribution in [0, 0.1) is 0 Å². The summed E-state index contributed by atoms with van der Waals surface area (Å²) in [5.41, 5.74) is 0. The Morgan fingerprint density at radius 1 is 1.25 bits per heavy atom. The van der Waals surface area contributed by atoms with Crippen LogP contribution in [-0.4, -0.2) is 18.1 Å². The summed E-state index contributed by atoms with van der Waals surface area (Å²) in [7, 11) is -3.87. The molecule has 0 aromatic heterocycles. The molecule has 0 aromatic carbocycles. The zero-order valence-corrected chi connectivity index (χ0v) is 8.30. The fourth-order valence-electron chi connectivity index (χ4n) is 0.331. The molecule has 0 saturated heterocycles. The van der Waals surface area contributed by atoms with Gasteiger partial charge in [0.2, 0.25) is 0 Å². The van der Waals surface area contributed by atoms with Crippen molar-refractivity contribution in [3.63, 3.8) is 0 Å². The van der Waals surface area contributed by atoms with Crippen molar-refractivity contribution in [2.24, 2.45) is 0 Å². The van der Waals surface area contributed by atoms with Crippen molar-refractivity contribution < 1.29 is 35.0 Å². The minimum Gasteiger partial charge on any atom is -0.302 e. The summed E-state index contributed by atoms with van der Waals surface area (Å²) in [6.45, 7) is 6.60. The van der Waals surface area contributed by atoms with E-state index in [9.17, 15) is 4.57 Å². The van der Waals surface area contributed by atoms with Crippen LogP contribution in [0.3, 0.4) is 0 Å². The maximum absolute atomic E-state index is 10.7. The molecule has 1 N–H and O–H groups in total. The first kappa shape index (κ1) is 14.6. The molecular weight excluding hydrogens is 226 g/mol. The third kappa shape index (κ3) is 8.18. The van der Waals surface area contributed by atoms with Gasteiger partial charge in [0, 0.05) is 16.5 Å². The number of phosphoric acid groups is 1. The molecule has 0 aliphatic heterocycles. The molecule has 0 fully saturated rings. The Bertz CT molecular complexity index is 166. The van der Waals surface area contributed by atoms with Gasteiger partial charge < -0.3 is 4.89 Å². The molecule has 0 spiro atoms. The van der Waals surface area contributed by atoms with Gasteiger partial charge in [-0.2, -0.15) is 0 Å². The van der Waals surface area contributed by atoms with Crippen molar-refractivity contribution in [3.05, 3.63) is 25.3 Å². The summed E-state index contributed by atoms with van der Waals surface area (Å²) in [6, 6.07) is 0. The predicted molar refractivity (Wildman–Crippen MR) is 42.1 cm³/mol. The second-order valence-corrected chi connectivity index (χ2v) is 3.09. The van der Waals surface area contributed by atoms with Crippen LogP contribution in [0.1, 0.15) is 0 Å². The smallest absolute Gasteiger partial charge is 0.302 e. The molecule has 0 aliphatic rings. The summed E-state index contributed by atoms with van der Waals surface area (Å²) in [6.07, 6.45) is 2.72. The molecule has 0 bridgehead atoms. The van der Waals surface area contributed by atoms with E-state index in [4.69, 9.17) is 4.89 Å². The van der Waals surface area contributed by atoms with Gasteiger partial charge in [0.25, 0.3) is 0 Å². The summed E-state index contributed by atoms with van der Waals surface area (Å²) >= 11 is 0. The minimum absolute atomic E-state index is 0. The van der Waals surface area contributed by atoms with E-state index in [0.717, 1.165) is 0 Å². The Kier molecular flexibility index (Phi) is 9.39. The van der Waals surface area contributed by atoms with Gasteiger partial charge in [-0.05, 0) is 0 Å². The van der Waals surface area contributed by atoms with Crippen LogP contribution < -0.4 is 0 Å². The average molecular weight is 237 g/mol. The summed E-state index contributed by atoms with van der Waals surface area (Å²) in [5, 5.41) is 0. The van der Waals surface area contributed by atoms with Crippen molar-refractivity contribution in [1.29, 1.82) is 0 Å².